The molecule has 0 spiro atoms. The van der Waals surface area contributed by atoms with Crippen LogP contribution in [0.5, 0.6) is 0 Å². The van der Waals surface area contributed by atoms with Crippen LogP contribution < -0.4 is 5.73 Å². The summed E-state index contributed by atoms with van der Waals surface area (Å²) in [6.07, 6.45) is 3.03. The van der Waals surface area contributed by atoms with Crippen molar-refractivity contribution in [3.05, 3.63) is 33.3 Å². The lowest BCUT2D eigenvalue weighted by atomic mass is 9.87. The molecule has 1 nitrogen and oxygen atoms in total. The largest absolute Gasteiger partial charge is 0.327 e. The van der Waals surface area contributed by atoms with E-state index in [0.717, 1.165) is 34.3 Å². The first-order chi connectivity index (χ1) is 7.78. The maximum Gasteiger partial charge on any atom is 0.0449 e. The lowest BCUT2D eigenvalue weighted by Crippen LogP contribution is -2.24. The van der Waals surface area contributed by atoms with Crippen molar-refractivity contribution in [3.8, 4) is 0 Å². The highest BCUT2D eigenvalue weighted by Crippen LogP contribution is 2.25. The van der Waals surface area contributed by atoms with Crippen LogP contribution in [0.1, 0.15) is 39.2 Å². The second kappa shape index (κ2) is 6.21. The van der Waals surface area contributed by atoms with Crippen molar-refractivity contribution in [1.29, 1.82) is 0 Å². The minimum Gasteiger partial charge on any atom is -0.327 e. The molecule has 0 radical (unpaired) electrons. The minimum absolute atomic E-state index is 0.188. The van der Waals surface area contributed by atoms with Gasteiger partial charge in [-0.3, -0.25) is 0 Å². The van der Waals surface area contributed by atoms with E-state index in [1.54, 1.807) is 0 Å². The number of hydrogen-bond acceptors (Lipinski definition) is 1. The molecule has 0 aromatic heterocycles. The standard InChI is InChI=1S/C14H21BrClN/c1-14(2,3)7-6-12(17)8-10-4-5-11(15)9-13(10)16/h4-5,9,12H,6-8,17H2,1-3H3. The first-order valence-electron chi connectivity index (χ1n) is 5.97. The van der Waals surface area contributed by atoms with Gasteiger partial charge in [0.2, 0.25) is 0 Å². The van der Waals surface area contributed by atoms with Gasteiger partial charge in [-0.1, -0.05) is 54.4 Å². The monoisotopic (exact) mass is 317 g/mol. The summed E-state index contributed by atoms with van der Waals surface area (Å²) in [5.41, 5.74) is 7.63. The molecule has 1 rings (SSSR count). The predicted molar refractivity (Wildman–Crippen MR) is 79.5 cm³/mol. The molecule has 0 saturated heterocycles. The van der Waals surface area contributed by atoms with Gasteiger partial charge >= 0.3 is 0 Å². The van der Waals surface area contributed by atoms with Crippen molar-refractivity contribution in [2.75, 3.05) is 0 Å². The van der Waals surface area contributed by atoms with E-state index < -0.39 is 0 Å². The van der Waals surface area contributed by atoms with Crippen LogP contribution in [0.2, 0.25) is 5.02 Å². The van der Waals surface area contributed by atoms with E-state index in [9.17, 15) is 0 Å². The maximum atomic E-state index is 6.18. The minimum atomic E-state index is 0.188. The van der Waals surface area contributed by atoms with Gasteiger partial charge in [0.05, 0.1) is 0 Å². The summed E-state index contributed by atoms with van der Waals surface area (Å²) < 4.78 is 1.01. The average molecular weight is 319 g/mol. The zero-order valence-electron chi connectivity index (χ0n) is 10.8. The van der Waals surface area contributed by atoms with Gasteiger partial charge < -0.3 is 5.73 Å². The van der Waals surface area contributed by atoms with E-state index in [1.165, 1.54) is 0 Å². The zero-order chi connectivity index (χ0) is 13.1. The summed E-state index contributed by atoms with van der Waals surface area (Å²) in [5, 5.41) is 0.797. The first kappa shape index (κ1) is 15.0. The fraction of sp³-hybridized carbons (Fsp3) is 0.571. The fourth-order valence-corrected chi connectivity index (χ4v) is 2.44. The SMILES string of the molecule is CC(C)(C)CCC(N)Cc1ccc(Br)cc1Cl. The second-order valence-electron chi connectivity index (χ2n) is 5.80. The Morgan fingerprint density at radius 2 is 2.00 bits per heavy atom. The molecule has 1 atom stereocenters. The summed E-state index contributed by atoms with van der Waals surface area (Å²) in [4.78, 5) is 0. The Morgan fingerprint density at radius 3 is 2.53 bits per heavy atom. The third kappa shape index (κ3) is 5.89. The summed E-state index contributed by atoms with van der Waals surface area (Å²) in [6, 6.07) is 6.17. The van der Waals surface area contributed by atoms with E-state index >= 15 is 0 Å². The van der Waals surface area contributed by atoms with Crippen LogP contribution in [0.4, 0.5) is 0 Å². The lowest BCUT2D eigenvalue weighted by Gasteiger charge is -2.21. The van der Waals surface area contributed by atoms with Gasteiger partial charge in [0.25, 0.3) is 0 Å². The number of nitrogens with two attached hydrogens (primary N) is 1. The van der Waals surface area contributed by atoms with E-state index in [4.69, 9.17) is 17.3 Å². The Hall–Kier alpha value is -0.0500. The summed E-state index contributed by atoms with van der Waals surface area (Å²) >= 11 is 9.58. The molecule has 2 N–H and O–H groups in total. The molecule has 3 heteroatoms. The topological polar surface area (TPSA) is 26.0 Å². The Kier molecular flexibility index (Phi) is 5.49. The van der Waals surface area contributed by atoms with Crippen LogP contribution in [-0.4, -0.2) is 6.04 Å². The van der Waals surface area contributed by atoms with Gasteiger partial charge in [0, 0.05) is 15.5 Å². The zero-order valence-corrected chi connectivity index (χ0v) is 13.1. The van der Waals surface area contributed by atoms with Crippen LogP contribution in [0.3, 0.4) is 0 Å². The van der Waals surface area contributed by atoms with E-state index in [2.05, 4.69) is 36.7 Å². The van der Waals surface area contributed by atoms with Gasteiger partial charge in [-0.2, -0.15) is 0 Å². The molecule has 17 heavy (non-hydrogen) atoms. The molecule has 0 amide bonds. The van der Waals surface area contributed by atoms with Gasteiger partial charge in [-0.05, 0) is 42.4 Å². The van der Waals surface area contributed by atoms with Crippen LogP contribution in [-0.2, 0) is 6.42 Å². The molecule has 1 aromatic carbocycles. The van der Waals surface area contributed by atoms with Gasteiger partial charge in [0.15, 0.2) is 0 Å². The third-order valence-corrected chi connectivity index (χ3v) is 3.61. The Balaban J connectivity index is 2.53. The molecule has 0 aliphatic carbocycles. The molecule has 0 heterocycles. The van der Waals surface area contributed by atoms with Crippen molar-refractivity contribution in [2.45, 2.75) is 46.1 Å². The highest BCUT2D eigenvalue weighted by Gasteiger charge is 2.14. The molecule has 0 aliphatic rings. The fourth-order valence-electron chi connectivity index (χ4n) is 1.69. The Labute approximate surface area is 118 Å². The van der Waals surface area contributed by atoms with Crippen molar-refractivity contribution in [1.82, 2.24) is 0 Å². The highest BCUT2D eigenvalue weighted by molar-refractivity contribution is 9.10. The summed E-state index contributed by atoms with van der Waals surface area (Å²) in [7, 11) is 0. The van der Waals surface area contributed by atoms with Crippen molar-refractivity contribution in [2.24, 2.45) is 11.1 Å². The van der Waals surface area contributed by atoms with Crippen molar-refractivity contribution >= 4 is 27.5 Å². The molecule has 0 aliphatic heterocycles. The normalized spacial score (nSPS) is 13.8. The molecule has 0 bridgehead atoms. The lowest BCUT2D eigenvalue weighted by molar-refractivity contribution is 0.347. The van der Waals surface area contributed by atoms with Crippen LogP contribution in [0, 0.1) is 5.41 Å². The maximum absolute atomic E-state index is 6.18. The van der Waals surface area contributed by atoms with E-state index in [-0.39, 0.29) is 6.04 Å². The number of halogens is 2. The van der Waals surface area contributed by atoms with Gasteiger partial charge in [-0.25, -0.2) is 0 Å². The van der Waals surface area contributed by atoms with Crippen LogP contribution in [0.15, 0.2) is 22.7 Å². The average Bonchev–Trinajstić information content (AvgIpc) is 2.18. The van der Waals surface area contributed by atoms with Crippen molar-refractivity contribution < 1.29 is 0 Å². The molecule has 1 unspecified atom stereocenters. The molecular weight excluding hydrogens is 298 g/mol. The Morgan fingerprint density at radius 1 is 1.35 bits per heavy atom. The number of benzene rings is 1. The van der Waals surface area contributed by atoms with Gasteiger partial charge in [-0.15, -0.1) is 0 Å². The summed E-state index contributed by atoms with van der Waals surface area (Å²) in [5.74, 6) is 0. The number of hydrogen-bond donors (Lipinski definition) is 1. The van der Waals surface area contributed by atoms with Gasteiger partial charge in [0.1, 0.15) is 0 Å². The highest BCUT2D eigenvalue weighted by atomic mass is 79.9. The molecule has 0 fully saturated rings. The van der Waals surface area contributed by atoms with E-state index in [0.29, 0.717) is 5.41 Å². The van der Waals surface area contributed by atoms with Crippen LogP contribution in [0.25, 0.3) is 0 Å². The molecular formula is C14H21BrClN. The quantitative estimate of drug-likeness (QED) is 0.848. The molecule has 1 aromatic rings. The molecule has 96 valence electrons. The van der Waals surface area contributed by atoms with Crippen molar-refractivity contribution in [3.63, 3.8) is 0 Å². The molecule has 0 saturated carbocycles. The third-order valence-electron chi connectivity index (χ3n) is 2.76. The summed E-state index contributed by atoms with van der Waals surface area (Å²) in [6.45, 7) is 6.73. The van der Waals surface area contributed by atoms with E-state index in [1.807, 2.05) is 18.2 Å². The second-order valence-corrected chi connectivity index (χ2v) is 7.12. The smallest absolute Gasteiger partial charge is 0.0449 e. The predicted octanol–water partition coefficient (Wildman–Crippen LogP) is 4.80. The Bertz CT molecular complexity index is 371. The number of rotatable bonds is 4. The first-order valence-corrected chi connectivity index (χ1v) is 7.14. The van der Waals surface area contributed by atoms with Crippen LogP contribution >= 0.6 is 27.5 Å².